The van der Waals surface area contributed by atoms with Crippen LogP contribution in [-0.4, -0.2) is 21.4 Å². The van der Waals surface area contributed by atoms with Gasteiger partial charge in [0, 0.05) is 24.8 Å². The highest BCUT2D eigenvalue weighted by atomic mass is 35.5. The number of benzene rings is 1. The number of nitrogens with zero attached hydrogens (tertiary/aromatic N) is 3. The quantitative estimate of drug-likeness (QED) is 0.629. The second-order valence-corrected chi connectivity index (χ2v) is 8.36. The average molecular weight is 431 g/mol. The summed E-state index contributed by atoms with van der Waals surface area (Å²) in [7, 11) is 1.81. The molecular formula is C24H35ClN4O. The van der Waals surface area contributed by atoms with E-state index in [1.165, 1.54) is 24.8 Å². The lowest BCUT2D eigenvalue weighted by atomic mass is 9.83. The van der Waals surface area contributed by atoms with Crippen LogP contribution in [0.3, 0.4) is 0 Å². The van der Waals surface area contributed by atoms with Gasteiger partial charge in [-0.1, -0.05) is 56.0 Å². The third-order valence-electron chi connectivity index (χ3n) is 5.54. The van der Waals surface area contributed by atoms with Gasteiger partial charge in [-0.15, -0.1) is 5.10 Å². The molecule has 0 bridgehead atoms. The van der Waals surface area contributed by atoms with Crippen LogP contribution in [0, 0.1) is 5.92 Å². The van der Waals surface area contributed by atoms with Crippen molar-refractivity contribution in [2.24, 2.45) is 5.92 Å². The van der Waals surface area contributed by atoms with E-state index < -0.39 is 0 Å². The molecule has 1 fully saturated rings. The van der Waals surface area contributed by atoms with Crippen molar-refractivity contribution in [3.05, 3.63) is 63.4 Å². The molecule has 0 atom stereocenters. The van der Waals surface area contributed by atoms with Gasteiger partial charge < -0.3 is 5.32 Å². The van der Waals surface area contributed by atoms with Crippen LogP contribution in [0.2, 0.25) is 0 Å². The van der Waals surface area contributed by atoms with E-state index in [9.17, 15) is 4.79 Å². The van der Waals surface area contributed by atoms with Gasteiger partial charge in [0.25, 0.3) is 0 Å². The molecule has 164 valence electrons. The maximum Gasteiger partial charge on any atom is 0.350 e. The molecule has 1 saturated carbocycles. The lowest BCUT2D eigenvalue weighted by Crippen LogP contribution is -2.26. The summed E-state index contributed by atoms with van der Waals surface area (Å²) in [6.07, 6.45) is 9.72. The Morgan fingerprint density at radius 2 is 1.93 bits per heavy atom. The lowest BCUT2D eigenvalue weighted by molar-refractivity contribution is 0.276. The predicted molar refractivity (Wildman–Crippen MR) is 127 cm³/mol. The Morgan fingerprint density at radius 3 is 2.37 bits per heavy atom. The summed E-state index contributed by atoms with van der Waals surface area (Å²) >= 11 is 5.38. The number of aromatic nitrogens is 3. The van der Waals surface area contributed by atoms with Crippen molar-refractivity contribution in [1.29, 1.82) is 0 Å². The first-order valence-corrected chi connectivity index (χ1v) is 11.2. The van der Waals surface area contributed by atoms with Gasteiger partial charge in [0.2, 0.25) is 0 Å². The van der Waals surface area contributed by atoms with Crippen LogP contribution in [0.15, 0.2) is 46.4 Å². The number of allylic oxidation sites excluding steroid dienone is 3. The van der Waals surface area contributed by atoms with Crippen molar-refractivity contribution in [2.45, 2.75) is 66.3 Å². The topological polar surface area (TPSA) is 51.9 Å². The number of hydrogen-bond acceptors (Lipinski definition) is 3. The third-order valence-corrected chi connectivity index (χ3v) is 5.65. The van der Waals surface area contributed by atoms with Crippen LogP contribution >= 0.6 is 11.6 Å². The van der Waals surface area contributed by atoms with Gasteiger partial charge >= 0.3 is 5.69 Å². The van der Waals surface area contributed by atoms with Gasteiger partial charge in [0.05, 0.1) is 5.69 Å². The monoisotopic (exact) mass is 430 g/mol. The SMILES string of the molecule is C/C=C(\C)c1nn(CCC2CCC2)c(=O)n1-c1ccc(CC)cc1.CN/C=C(\C)Cl. The molecule has 0 aliphatic heterocycles. The summed E-state index contributed by atoms with van der Waals surface area (Å²) in [4.78, 5) is 12.9. The maximum atomic E-state index is 12.9. The second kappa shape index (κ2) is 11.8. The van der Waals surface area contributed by atoms with Gasteiger partial charge in [-0.2, -0.15) is 0 Å². The number of halogens is 1. The molecule has 1 aliphatic rings. The number of rotatable bonds is 7. The van der Waals surface area contributed by atoms with Crippen LogP contribution in [0.5, 0.6) is 0 Å². The van der Waals surface area contributed by atoms with Crippen molar-refractivity contribution in [1.82, 2.24) is 19.7 Å². The summed E-state index contributed by atoms with van der Waals surface area (Å²) < 4.78 is 3.39. The zero-order valence-electron chi connectivity index (χ0n) is 18.9. The predicted octanol–water partition coefficient (Wildman–Crippen LogP) is 5.52. The van der Waals surface area contributed by atoms with Crippen molar-refractivity contribution in [3.63, 3.8) is 0 Å². The minimum atomic E-state index is -0.0326. The summed E-state index contributed by atoms with van der Waals surface area (Å²) in [6, 6.07) is 8.21. The van der Waals surface area contributed by atoms with E-state index in [1.54, 1.807) is 15.4 Å². The molecule has 1 aliphatic carbocycles. The molecule has 1 N–H and O–H groups in total. The highest BCUT2D eigenvalue weighted by Gasteiger charge is 2.20. The standard InChI is InChI=1S/C20H27N3O.C4H8ClN/c1-4-15(3)19-21-22(14-13-17-7-6-8-17)20(24)23(19)18-11-9-16(5-2)10-12-18;1-4(5)3-6-2/h4,9-12,17H,5-8,13-14H2,1-3H3;3,6H,1-2H3/b15-4+;4-3+. The second-order valence-electron chi connectivity index (χ2n) is 7.76. The van der Waals surface area contributed by atoms with E-state index in [2.05, 4.69) is 29.5 Å². The summed E-state index contributed by atoms with van der Waals surface area (Å²) in [5.74, 6) is 1.53. The molecule has 0 saturated heterocycles. The molecular weight excluding hydrogens is 396 g/mol. The van der Waals surface area contributed by atoms with Gasteiger partial charge in [-0.25, -0.2) is 14.0 Å². The first-order chi connectivity index (χ1) is 14.4. The van der Waals surface area contributed by atoms with E-state index in [0.29, 0.717) is 6.54 Å². The zero-order valence-corrected chi connectivity index (χ0v) is 19.7. The van der Waals surface area contributed by atoms with Gasteiger partial charge in [-0.05, 0) is 62.8 Å². The van der Waals surface area contributed by atoms with E-state index in [-0.39, 0.29) is 5.69 Å². The minimum Gasteiger partial charge on any atom is -0.393 e. The number of hydrogen-bond donors (Lipinski definition) is 1. The van der Waals surface area contributed by atoms with E-state index in [4.69, 9.17) is 11.6 Å². The van der Waals surface area contributed by atoms with Crippen molar-refractivity contribution < 1.29 is 0 Å². The fraction of sp³-hybridized carbons (Fsp3) is 0.500. The highest BCUT2D eigenvalue weighted by molar-refractivity contribution is 6.29. The van der Waals surface area contributed by atoms with E-state index >= 15 is 0 Å². The third kappa shape index (κ3) is 6.36. The molecule has 30 heavy (non-hydrogen) atoms. The molecule has 0 amide bonds. The highest BCUT2D eigenvalue weighted by Crippen LogP contribution is 2.29. The molecule has 3 rings (SSSR count). The normalized spacial score (nSPS) is 14.7. The molecule has 0 spiro atoms. The van der Waals surface area contributed by atoms with Crippen LogP contribution in [0.25, 0.3) is 11.3 Å². The molecule has 0 unspecified atom stereocenters. The molecule has 6 heteroatoms. The van der Waals surface area contributed by atoms with Gasteiger partial charge in [-0.3, -0.25) is 0 Å². The fourth-order valence-electron chi connectivity index (χ4n) is 3.34. The van der Waals surface area contributed by atoms with Gasteiger partial charge in [0.1, 0.15) is 0 Å². The molecule has 1 aromatic heterocycles. The molecule has 1 aromatic carbocycles. The minimum absolute atomic E-state index is 0.0326. The Hall–Kier alpha value is -2.27. The fourth-order valence-corrected chi connectivity index (χ4v) is 3.45. The Balaban J connectivity index is 0.000000469. The Kier molecular flexibility index (Phi) is 9.44. The molecule has 1 heterocycles. The first-order valence-electron chi connectivity index (χ1n) is 10.8. The molecule has 2 aromatic rings. The largest absolute Gasteiger partial charge is 0.393 e. The van der Waals surface area contributed by atoms with Crippen LogP contribution in [0.4, 0.5) is 0 Å². The van der Waals surface area contributed by atoms with Crippen LogP contribution in [-0.2, 0) is 13.0 Å². The van der Waals surface area contributed by atoms with E-state index in [0.717, 1.165) is 40.9 Å². The van der Waals surface area contributed by atoms with Crippen molar-refractivity contribution in [3.8, 4) is 5.69 Å². The number of aryl methyl sites for hydroxylation is 2. The van der Waals surface area contributed by atoms with Crippen molar-refractivity contribution >= 4 is 17.2 Å². The first kappa shape index (κ1) is 24.0. The van der Waals surface area contributed by atoms with Crippen LogP contribution < -0.4 is 11.0 Å². The average Bonchev–Trinajstić information content (AvgIpc) is 3.03. The lowest BCUT2D eigenvalue weighted by Gasteiger charge is -2.24. The maximum absolute atomic E-state index is 12.9. The van der Waals surface area contributed by atoms with Gasteiger partial charge in [0.15, 0.2) is 5.82 Å². The Labute approximate surface area is 185 Å². The summed E-state index contributed by atoms with van der Waals surface area (Å²) in [5.41, 5.74) is 3.15. The Morgan fingerprint density at radius 1 is 1.27 bits per heavy atom. The zero-order chi connectivity index (χ0) is 22.1. The smallest absolute Gasteiger partial charge is 0.350 e. The number of nitrogens with one attached hydrogen (secondary N) is 1. The molecule has 5 nitrogen and oxygen atoms in total. The van der Waals surface area contributed by atoms with E-state index in [1.807, 2.05) is 46.0 Å². The Bertz CT molecular complexity index is 914. The van der Waals surface area contributed by atoms with Crippen molar-refractivity contribution in [2.75, 3.05) is 7.05 Å². The summed E-state index contributed by atoms with van der Waals surface area (Å²) in [6.45, 7) is 8.66. The molecule has 0 radical (unpaired) electrons. The summed E-state index contributed by atoms with van der Waals surface area (Å²) in [5, 5.41) is 8.18. The van der Waals surface area contributed by atoms with Crippen LogP contribution in [0.1, 0.15) is 64.8 Å².